The predicted octanol–water partition coefficient (Wildman–Crippen LogP) is 5.15. The van der Waals surface area contributed by atoms with Crippen LogP contribution >= 0.6 is 0 Å². The van der Waals surface area contributed by atoms with Gasteiger partial charge in [-0.3, -0.25) is 0 Å². The van der Waals surface area contributed by atoms with Crippen molar-refractivity contribution in [3.8, 4) is 0 Å². The van der Waals surface area contributed by atoms with Gasteiger partial charge in [0.15, 0.2) is 0 Å². The average molecular weight is 417 g/mol. The molecule has 0 aromatic heterocycles. The molecule has 5 rings (SSSR count). The zero-order valence-electron chi connectivity index (χ0n) is 19.5. The molecule has 1 unspecified atom stereocenters. The van der Waals surface area contributed by atoms with Gasteiger partial charge in [-0.2, -0.15) is 0 Å². The maximum atomic E-state index is 10.7. The van der Waals surface area contributed by atoms with Gasteiger partial charge in [0, 0.05) is 5.92 Å². The molecule has 0 aromatic carbocycles. The van der Waals surface area contributed by atoms with Crippen LogP contribution in [-0.4, -0.2) is 36.1 Å². The summed E-state index contributed by atoms with van der Waals surface area (Å²) >= 11 is 0. The first-order valence-corrected chi connectivity index (χ1v) is 13.1. The Balaban J connectivity index is 1.34. The van der Waals surface area contributed by atoms with E-state index in [1.807, 2.05) is 0 Å². The Morgan fingerprint density at radius 2 is 1.67 bits per heavy atom. The van der Waals surface area contributed by atoms with Gasteiger partial charge in [0.2, 0.25) is 0 Å². The summed E-state index contributed by atoms with van der Waals surface area (Å²) in [4.78, 5) is 6.08. The van der Waals surface area contributed by atoms with Crippen molar-refractivity contribution < 1.29 is 9.94 Å². The molecule has 0 radical (unpaired) electrons. The van der Waals surface area contributed by atoms with Gasteiger partial charge in [-0.05, 0) is 118 Å². The molecule has 1 aliphatic heterocycles. The van der Waals surface area contributed by atoms with Crippen LogP contribution in [0.25, 0.3) is 0 Å². The number of fused-ring (bicyclic) bond motifs is 5. The fourth-order valence-corrected chi connectivity index (χ4v) is 8.98. The third-order valence-electron chi connectivity index (χ3n) is 10.8. The third kappa shape index (κ3) is 3.27. The van der Waals surface area contributed by atoms with Crippen molar-refractivity contribution in [1.82, 2.24) is 5.32 Å². The molecule has 4 saturated carbocycles. The summed E-state index contributed by atoms with van der Waals surface area (Å²) in [6.07, 6.45) is 13.6. The Bertz CT molecular complexity index is 659. The van der Waals surface area contributed by atoms with Gasteiger partial charge in [-0.1, -0.05) is 25.9 Å². The lowest BCUT2D eigenvalue weighted by atomic mass is 9.43. The molecule has 2 N–H and O–H groups in total. The lowest BCUT2D eigenvalue weighted by Gasteiger charge is -2.61. The molecular formula is C26H44N2O2. The fourth-order valence-electron chi connectivity index (χ4n) is 8.98. The van der Waals surface area contributed by atoms with E-state index in [2.05, 4.69) is 26.1 Å². The minimum atomic E-state index is -0.0606. The highest BCUT2D eigenvalue weighted by Gasteiger charge is 2.61. The maximum absolute atomic E-state index is 10.7. The summed E-state index contributed by atoms with van der Waals surface area (Å²) in [5.74, 6) is 3.81. The van der Waals surface area contributed by atoms with Crippen LogP contribution in [-0.2, 0) is 4.84 Å². The molecule has 4 aliphatic carbocycles. The van der Waals surface area contributed by atoms with Gasteiger partial charge < -0.3 is 15.3 Å². The fraction of sp³-hybridized carbons (Fsp3) is 0.962. The Hall–Kier alpha value is -0.610. The van der Waals surface area contributed by atoms with E-state index in [0.717, 1.165) is 62.4 Å². The molecule has 1 saturated heterocycles. The Kier molecular flexibility index (Phi) is 5.71. The van der Waals surface area contributed by atoms with E-state index in [4.69, 9.17) is 9.99 Å². The lowest BCUT2D eigenvalue weighted by molar-refractivity contribution is -0.121. The summed E-state index contributed by atoms with van der Waals surface area (Å²) in [6.45, 7) is 9.53. The minimum Gasteiger partial charge on any atom is -0.393 e. The van der Waals surface area contributed by atoms with Crippen LogP contribution < -0.4 is 5.32 Å². The van der Waals surface area contributed by atoms with E-state index < -0.39 is 0 Å². The summed E-state index contributed by atoms with van der Waals surface area (Å²) < 4.78 is 0. The summed E-state index contributed by atoms with van der Waals surface area (Å²) in [5, 5.41) is 19.0. The molecule has 30 heavy (non-hydrogen) atoms. The molecule has 5 aliphatic rings. The van der Waals surface area contributed by atoms with Gasteiger partial charge in [0.1, 0.15) is 6.10 Å². The number of hydrogen-bond acceptors (Lipinski definition) is 4. The quantitative estimate of drug-likeness (QED) is 0.626. The van der Waals surface area contributed by atoms with Crippen LogP contribution in [0.2, 0.25) is 0 Å². The van der Waals surface area contributed by atoms with E-state index in [-0.39, 0.29) is 11.5 Å². The zero-order valence-corrected chi connectivity index (χ0v) is 19.5. The molecule has 4 heteroatoms. The SMILES string of the molecule is CC[C@@H]1/C(=N/OC2CCNCC2)CC[C@@]2(C)C1CC[C@H]1[C@@H]3CC[C@H](O)[C@@]3(C)CC[C@@H]12. The van der Waals surface area contributed by atoms with Crippen LogP contribution in [0.3, 0.4) is 0 Å². The number of aliphatic hydroxyl groups is 1. The molecule has 0 bridgehead atoms. The van der Waals surface area contributed by atoms with Crippen LogP contribution in [0.15, 0.2) is 5.16 Å². The van der Waals surface area contributed by atoms with Crippen molar-refractivity contribution in [2.45, 2.75) is 104 Å². The Morgan fingerprint density at radius 3 is 2.43 bits per heavy atom. The van der Waals surface area contributed by atoms with Crippen LogP contribution in [0.1, 0.15) is 91.4 Å². The minimum absolute atomic E-state index is 0.0606. The van der Waals surface area contributed by atoms with E-state index in [0.29, 0.717) is 17.4 Å². The maximum Gasteiger partial charge on any atom is 0.130 e. The summed E-state index contributed by atoms with van der Waals surface area (Å²) in [7, 11) is 0. The van der Waals surface area contributed by atoms with Crippen molar-refractivity contribution >= 4 is 5.71 Å². The van der Waals surface area contributed by atoms with Crippen LogP contribution in [0.5, 0.6) is 0 Å². The van der Waals surface area contributed by atoms with Crippen molar-refractivity contribution in [1.29, 1.82) is 0 Å². The van der Waals surface area contributed by atoms with Crippen molar-refractivity contribution in [3.63, 3.8) is 0 Å². The predicted molar refractivity (Wildman–Crippen MR) is 121 cm³/mol. The molecule has 5 fully saturated rings. The molecule has 0 aromatic rings. The van der Waals surface area contributed by atoms with Gasteiger partial charge in [0.05, 0.1) is 11.8 Å². The number of piperidine rings is 1. The van der Waals surface area contributed by atoms with Gasteiger partial charge >= 0.3 is 0 Å². The molecule has 8 atom stereocenters. The van der Waals surface area contributed by atoms with Crippen LogP contribution in [0, 0.1) is 40.4 Å². The first-order chi connectivity index (χ1) is 14.5. The Morgan fingerprint density at radius 1 is 0.933 bits per heavy atom. The van der Waals surface area contributed by atoms with E-state index in [1.54, 1.807) is 0 Å². The van der Waals surface area contributed by atoms with E-state index >= 15 is 0 Å². The zero-order chi connectivity index (χ0) is 20.9. The smallest absolute Gasteiger partial charge is 0.130 e. The monoisotopic (exact) mass is 416 g/mol. The second-order valence-electron chi connectivity index (χ2n) is 11.9. The molecule has 170 valence electrons. The number of nitrogens with one attached hydrogen (secondary N) is 1. The molecule has 1 heterocycles. The third-order valence-corrected chi connectivity index (χ3v) is 10.8. The van der Waals surface area contributed by atoms with E-state index in [1.165, 1.54) is 50.7 Å². The average Bonchev–Trinajstić information content (AvgIpc) is 3.07. The number of nitrogens with zero attached hydrogens (tertiary/aromatic N) is 1. The van der Waals surface area contributed by atoms with E-state index in [9.17, 15) is 5.11 Å². The van der Waals surface area contributed by atoms with Crippen molar-refractivity contribution in [2.75, 3.05) is 13.1 Å². The lowest BCUT2D eigenvalue weighted by Crippen LogP contribution is -2.56. The van der Waals surface area contributed by atoms with Gasteiger partial charge in [-0.15, -0.1) is 0 Å². The second kappa shape index (κ2) is 8.06. The largest absolute Gasteiger partial charge is 0.393 e. The first-order valence-electron chi connectivity index (χ1n) is 13.1. The molecule has 0 spiro atoms. The van der Waals surface area contributed by atoms with Crippen molar-refractivity contribution in [3.05, 3.63) is 0 Å². The Labute approximate surface area is 183 Å². The number of oxime groups is 1. The molecule has 0 amide bonds. The highest BCUT2D eigenvalue weighted by Crippen LogP contribution is 2.66. The first kappa shape index (κ1) is 21.2. The normalized spacial score (nSPS) is 50.6. The standard InChI is InChI=1S/C26H44N2O2/c1-4-18-20-6-5-19-21-7-8-24(29)26(21,3)13-9-22(19)25(20,2)14-10-23(18)28-30-17-11-15-27-16-12-17/h17-22,24,27,29H,4-16H2,1-3H3/b28-23+/t18-,19-,20?,21-,22-,24-,25-,26-/m0/s1. The van der Waals surface area contributed by atoms with Gasteiger partial charge in [-0.25, -0.2) is 0 Å². The number of rotatable bonds is 3. The topological polar surface area (TPSA) is 53.8 Å². The number of aliphatic hydroxyl groups excluding tert-OH is 1. The highest BCUT2D eigenvalue weighted by atomic mass is 16.6. The van der Waals surface area contributed by atoms with Gasteiger partial charge in [0.25, 0.3) is 0 Å². The molecular weight excluding hydrogens is 372 g/mol. The number of hydrogen-bond donors (Lipinski definition) is 2. The molecule has 4 nitrogen and oxygen atoms in total. The summed E-state index contributed by atoms with van der Waals surface area (Å²) in [5.41, 5.74) is 2.01. The van der Waals surface area contributed by atoms with Crippen LogP contribution in [0.4, 0.5) is 0 Å². The second-order valence-corrected chi connectivity index (χ2v) is 11.9. The summed E-state index contributed by atoms with van der Waals surface area (Å²) in [6, 6.07) is 0. The highest BCUT2D eigenvalue weighted by molar-refractivity contribution is 5.87. The van der Waals surface area contributed by atoms with Crippen molar-refractivity contribution in [2.24, 2.45) is 45.6 Å².